The maximum absolute atomic E-state index is 10.6. The first kappa shape index (κ1) is 8.77. The fourth-order valence-corrected chi connectivity index (χ4v) is 1.23. The molecular weight excluding hydrogens is 135 g/mol. The van der Waals surface area contributed by atoms with Crippen molar-refractivity contribution in [1.82, 2.24) is 0 Å². The molecule has 9 heavy (non-hydrogen) atoms. The van der Waals surface area contributed by atoms with Crippen molar-refractivity contribution in [3.63, 3.8) is 0 Å². The topological polar surface area (TPSA) is 34.1 Å². The Kier molecular flexibility index (Phi) is 4.51. The monoisotopic (exact) mass is 146 g/mol. The first-order valence-electron chi connectivity index (χ1n) is 3.13. The highest BCUT2D eigenvalue weighted by Gasteiger charge is 2.12. The summed E-state index contributed by atoms with van der Waals surface area (Å²) in [7, 11) is -0.335. The highest BCUT2D eigenvalue weighted by molar-refractivity contribution is 7.46. The van der Waals surface area contributed by atoms with E-state index in [4.69, 9.17) is 0 Å². The van der Waals surface area contributed by atoms with Crippen LogP contribution < -0.4 is 0 Å². The van der Waals surface area contributed by atoms with Crippen LogP contribution in [-0.4, -0.2) is 5.52 Å². The van der Waals surface area contributed by atoms with Crippen molar-refractivity contribution in [1.29, 1.82) is 0 Å². The molecular formula is C6H11O2P. The van der Waals surface area contributed by atoms with Gasteiger partial charge >= 0.3 is 0 Å². The largest absolute Gasteiger partial charge is 0.286 e. The molecule has 0 bridgehead atoms. The molecule has 3 heteroatoms. The molecule has 0 spiro atoms. The highest BCUT2D eigenvalue weighted by Crippen LogP contribution is 2.14. The lowest BCUT2D eigenvalue weighted by Gasteiger charge is -2.02. The average Bonchev–Trinajstić information content (AvgIpc) is 1.90. The van der Waals surface area contributed by atoms with Crippen molar-refractivity contribution in [3.8, 4) is 0 Å². The molecule has 0 unspecified atom stereocenters. The lowest BCUT2D eigenvalue weighted by atomic mass is 10.1. The Balaban J connectivity index is 3.78. The Morgan fingerprint density at radius 2 is 1.89 bits per heavy atom. The fourth-order valence-electron chi connectivity index (χ4n) is 0.712. The zero-order chi connectivity index (χ0) is 7.28. The molecule has 0 atom stereocenters. The normalized spacial score (nSPS) is 10.6. The van der Waals surface area contributed by atoms with Gasteiger partial charge in [-0.2, -0.15) is 0 Å². The fraction of sp³-hybridized carbons (Fsp3) is 0.833. The predicted octanol–water partition coefficient (Wildman–Crippen LogP) is 2.24. The summed E-state index contributed by atoms with van der Waals surface area (Å²) < 4.78 is 10.0. The molecule has 2 nitrogen and oxygen atoms in total. The van der Waals surface area contributed by atoms with E-state index >= 15 is 0 Å². The van der Waals surface area contributed by atoms with Gasteiger partial charge in [-0.05, 0) is 12.8 Å². The van der Waals surface area contributed by atoms with Gasteiger partial charge in [0.1, 0.15) is 0 Å². The molecule has 0 aliphatic heterocycles. The van der Waals surface area contributed by atoms with E-state index in [-0.39, 0.29) is 19.9 Å². The second-order valence-electron chi connectivity index (χ2n) is 1.94. The number of rotatable bonds is 4. The summed E-state index contributed by atoms with van der Waals surface area (Å²) in [6.07, 6.45) is 1.59. The third kappa shape index (κ3) is 2.71. The van der Waals surface area contributed by atoms with Crippen LogP contribution >= 0.6 is 8.46 Å². The molecule has 0 aromatic carbocycles. The van der Waals surface area contributed by atoms with E-state index < -0.39 is 0 Å². The summed E-state index contributed by atoms with van der Waals surface area (Å²) in [5.41, 5.74) is -0.167. The molecule has 0 heterocycles. The maximum atomic E-state index is 10.6. The highest BCUT2D eigenvalue weighted by atomic mass is 31.1. The van der Waals surface area contributed by atoms with Gasteiger partial charge in [-0.25, -0.2) is 0 Å². The maximum Gasteiger partial charge on any atom is 0.232 e. The van der Waals surface area contributed by atoms with E-state index in [2.05, 4.69) is 0 Å². The van der Waals surface area contributed by atoms with Gasteiger partial charge < -0.3 is 0 Å². The van der Waals surface area contributed by atoms with Crippen molar-refractivity contribution in [2.24, 2.45) is 5.92 Å². The van der Waals surface area contributed by atoms with Gasteiger partial charge in [0.2, 0.25) is 14.0 Å². The summed E-state index contributed by atoms with van der Waals surface area (Å²) in [5.74, 6) is 0.00386. The van der Waals surface area contributed by atoms with Crippen molar-refractivity contribution in [2.45, 2.75) is 26.7 Å². The quantitative estimate of drug-likeness (QED) is 0.570. The summed E-state index contributed by atoms with van der Waals surface area (Å²) >= 11 is 0. The van der Waals surface area contributed by atoms with Crippen LogP contribution in [0.1, 0.15) is 26.7 Å². The molecule has 0 N–H and O–H groups in total. The van der Waals surface area contributed by atoms with Gasteiger partial charge in [-0.3, -0.25) is 9.36 Å². The Morgan fingerprint density at radius 1 is 1.44 bits per heavy atom. The standard InChI is InChI=1S/C6H11O2P/c1-3-5(4-2)6(7)9-8/h5H,3-4H2,1-2H3. The smallest absolute Gasteiger partial charge is 0.232 e. The van der Waals surface area contributed by atoms with Crippen LogP contribution in [0.15, 0.2) is 0 Å². The summed E-state index contributed by atoms with van der Waals surface area (Å²) in [5, 5.41) is 0. The van der Waals surface area contributed by atoms with Gasteiger partial charge in [0, 0.05) is 5.92 Å². The second-order valence-corrected chi connectivity index (χ2v) is 2.57. The summed E-state index contributed by atoms with van der Waals surface area (Å²) in [4.78, 5) is 10.6. The molecule has 0 fully saturated rings. The van der Waals surface area contributed by atoms with E-state index in [0.717, 1.165) is 12.8 Å². The molecule has 0 aliphatic rings. The van der Waals surface area contributed by atoms with E-state index in [1.165, 1.54) is 0 Å². The molecule has 0 aromatic rings. The predicted molar refractivity (Wildman–Crippen MR) is 36.7 cm³/mol. The summed E-state index contributed by atoms with van der Waals surface area (Å²) in [6, 6.07) is 0. The molecule has 0 saturated carbocycles. The summed E-state index contributed by atoms with van der Waals surface area (Å²) in [6.45, 7) is 3.86. The van der Waals surface area contributed by atoms with Crippen LogP contribution in [0.25, 0.3) is 0 Å². The van der Waals surface area contributed by atoms with Crippen molar-refractivity contribution >= 4 is 14.0 Å². The van der Waals surface area contributed by atoms with Gasteiger partial charge in [-0.15, -0.1) is 0 Å². The first-order chi connectivity index (χ1) is 4.26. The van der Waals surface area contributed by atoms with Crippen molar-refractivity contribution in [2.75, 3.05) is 0 Å². The van der Waals surface area contributed by atoms with Crippen molar-refractivity contribution < 1.29 is 9.36 Å². The molecule has 0 radical (unpaired) electrons. The average molecular weight is 146 g/mol. The molecule has 0 saturated heterocycles. The Labute approximate surface area is 56.8 Å². The zero-order valence-electron chi connectivity index (χ0n) is 5.76. The van der Waals surface area contributed by atoms with Crippen LogP contribution in [0.3, 0.4) is 0 Å². The number of carbonyl (C=O) groups excluding carboxylic acids is 1. The Bertz CT molecular complexity index is 108. The van der Waals surface area contributed by atoms with Crippen LogP contribution in [0, 0.1) is 5.92 Å². The van der Waals surface area contributed by atoms with E-state index in [9.17, 15) is 9.36 Å². The SMILES string of the molecule is CCC(CC)C(=O)P=O. The second kappa shape index (κ2) is 4.63. The zero-order valence-corrected chi connectivity index (χ0v) is 6.65. The van der Waals surface area contributed by atoms with Crippen LogP contribution in [0.5, 0.6) is 0 Å². The number of hydrogen-bond donors (Lipinski definition) is 0. The molecule has 0 amide bonds. The van der Waals surface area contributed by atoms with Crippen LogP contribution in [0.4, 0.5) is 0 Å². The van der Waals surface area contributed by atoms with E-state index in [0.29, 0.717) is 0 Å². The molecule has 0 rings (SSSR count). The lowest BCUT2D eigenvalue weighted by Crippen LogP contribution is -2.04. The minimum atomic E-state index is -0.335. The van der Waals surface area contributed by atoms with E-state index in [1.54, 1.807) is 0 Å². The Hall–Kier alpha value is -0.230. The molecule has 0 aliphatic carbocycles. The Morgan fingerprint density at radius 3 is 2.00 bits per heavy atom. The third-order valence-electron chi connectivity index (χ3n) is 1.42. The van der Waals surface area contributed by atoms with E-state index in [1.807, 2.05) is 13.8 Å². The number of hydrogen-bond acceptors (Lipinski definition) is 2. The van der Waals surface area contributed by atoms with Crippen LogP contribution in [0.2, 0.25) is 0 Å². The van der Waals surface area contributed by atoms with Gasteiger partial charge in [0.25, 0.3) is 0 Å². The minimum Gasteiger partial charge on any atom is -0.286 e. The molecule has 0 aromatic heterocycles. The lowest BCUT2D eigenvalue weighted by molar-refractivity contribution is -0.115. The minimum absolute atomic E-state index is 0.00386. The molecule has 52 valence electrons. The van der Waals surface area contributed by atoms with Crippen LogP contribution in [-0.2, 0) is 9.36 Å². The van der Waals surface area contributed by atoms with Gasteiger partial charge in [0.15, 0.2) is 0 Å². The number of carbonyl (C=O) groups is 1. The van der Waals surface area contributed by atoms with Gasteiger partial charge in [0.05, 0.1) is 0 Å². The third-order valence-corrected chi connectivity index (χ3v) is 1.97. The van der Waals surface area contributed by atoms with Gasteiger partial charge in [-0.1, -0.05) is 13.8 Å². The van der Waals surface area contributed by atoms with Crippen molar-refractivity contribution in [3.05, 3.63) is 0 Å². The first-order valence-corrected chi connectivity index (χ1v) is 3.94.